The second-order valence-electron chi connectivity index (χ2n) is 5.51. The van der Waals surface area contributed by atoms with E-state index in [2.05, 4.69) is 42.5 Å². The Morgan fingerprint density at radius 3 is 2.80 bits per heavy atom. The smallest absolute Gasteiger partial charge is 0.0659 e. The number of benzene rings is 1. The number of hydrogen-bond acceptors (Lipinski definition) is 2. The lowest BCUT2D eigenvalue weighted by atomic mass is 9.94. The fraction of sp³-hybridized carbons (Fsp3) is 0.412. The molecule has 3 nitrogen and oxygen atoms in total. The fourth-order valence-corrected chi connectivity index (χ4v) is 2.69. The van der Waals surface area contributed by atoms with E-state index in [0.29, 0.717) is 0 Å². The minimum Gasteiger partial charge on any atom is -0.289 e. The highest BCUT2D eigenvalue weighted by molar-refractivity contribution is 6.00. The van der Waals surface area contributed by atoms with Gasteiger partial charge in [0.25, 0.3) is 0 Å². The van der Waals surface area contributed by atoms with Crippen LogP contribution in [0.15, 0.2) is 47.7 Å². The molecule has 1 unspecified atom stereocenters. The van der Waals surface area contributed by atoms with Crippen molar-refractivity contribution in [2.45, 2.75) is 32.7 Å². The molecule has 0 aliphatic carbocycles. The number of nitrogens with zero attached hydrogens (tertiary/aromatic N) is 3. The third kappa shape index (κ3) is 2.98. The molecule has 1 aliphatic heterocycles. The van der Waals surface area contributed by atoms with Crippen molar-refractivity contribution in [1.82, 2.24) is 9.78 Å². The highest BCUT2D eigenvalue weighted by Crippen LogP contribution is 2.20. The lowest BCUT2D eigenvalue weighted by molar-refractivity contribution is 0.476. The van der Waals surface area contributed by atoms with E-state index in [-0.39, 0.29) is 0 Å². The van der Waals surface area contributed by atoms with Crippen LogP contribution in [0.25, 0.3) is 0 Å². The van der Waals surface area contributed by atoms with Gasteiger partial charge in [0.2, 0.25) is 0 Å². The number of aliphatic imine (C=N–C) groups is 1. The minimum atomic E-state index is 0.776. The van der Waals surface area contributed by atoms with Gasteiger partial charge in [-0.05, 0) is 24.3 Å². The molecule has 2 aromatic rings. The van der Waals surface area contributed by atoms with E-state index >= 15 is 0 Å². The summed E-state index contributed by atoms with van der Waals surface area (Å²) in [5, 5.41) is 4.46. The summed E-state index contributed by atoms with van der Waals surface area (Å²) in [7, 11) is 0. The van der Waals surface area contributed by atoms with Crippen LogP contribution in [-0.4, -0.2) is 22.0 Å². The summed E-state index contributed by atoms with van der Waals surface area (Å²) in [6, 6.07) is 10.4. The van der Waals surface area contributed by atoms with Crippen molar-refractivity contribution in [2.24, 2.45) is 10.9 Å². The Balaban J connectivity index is 1.70. The Kier molecular flexibility index (Phi) is 3.95. The fourth-order valence-electron chi connectivity index (χ4n) is 2.69. The van der Waals surface area contributed by atoms with E-state index in [1.165, 1.54) is 29.7 Å². The molecular weight excluding hydrogens is 246 g/mol. The normalized spacial score (nSPS) is 18.9. The molecule has 0 N–H and O–H groups in total. The summed E-state index contributed by atoms with van der Waals surface area (Å²) in [6.07, 6.45) is 7.67. The molecule has 0 amide bonds. The lowest BCUT2D eigenvalue weighted by Crippen LogP contribution is -2.15. The molecule has 0 bridgehead atoms. The second-order valence-corrected chi connectivity index (χ2v) is 5.51. The van der Waals surface area contributed by atoms with Crippen molar-refractivity contribution >= 4 is 5.71 Å². The van der Waals surface area contributed by atoms with Crippen LogP contribution in [-0.2, 0) is 6.54 Å². The first-order valence-electron chi connectivity index (χ1n) is 7.45. The number of hydrogen-bond donors (Lipinski definition) is 0. The average molecular weight is 267 g/mol. The van der Waals surface area contributed by atoms with Crippen LogP contribution in [0.4, 0.5) is 0 Å². The Labute approximate surface area is 120 Å². The van der Waals surface area contributed by atoms with Crippen LogP contribution in [0, 0.1) is 5.92 Å². The molecule has 0 saturated heterocycles. The first-order valence-corrected chi connectivity index (χ1v) is 7.45. The van der Waals surface area contributed by atoms with Gasteiger partial charge in [0.15, 0.2) is 0 Å². The Hall–Kier alpha value is -1.90. The zero-order valence-electron chi connectivity index (χ0n) is 12.0. The maximum absolute atomic E-state index is 4.74. The van der Waals surface area contributed by atoms with Crippen LogP contribution < -0.4 is 0 Å². The summed E-state index contributed by atoms with van der Waals surface area (Å²) < 4.78 is 2.00. The zero-order chi connectivity index (χ0) is 13.8. The highest BCUT2D eigenvalue weighted by atomic mass is 15.3. The lowest BCUT2D eigenvalue weighted by Gasteiger charge is -2.18. The van der Waals surface area contributed by atoms with E-state index in [0.717, 1.165) is 25.4 Å². The van der Waals surface area contributed by atoms with Gasteiger partial charge in [0.05, 0.1) is 12.7 Å². The van der Waals surface area contributed by atoms with Gasteiger partial charge in [-0.25, -0.2) is 0 Å². The molecule has 0 fully saturated rings. The topological polar surface area (TPSA) is 30.2 Å². The molecule has 20 heavy (non-hydrogen) atoms. The Morgan fingerprint density at radius 2 is 2.10 bits per heavy atom. The van der Waals surface area contributed by atoms with Crippen LogP contribution in [0.3, 0.4) is 0 Å². The molecule has 1 atom stereocenters. The van der Waals surface area contributed by atoms with Crippen molar-refractivity contribution < 1.29 is 0 Å². The quantitative estimate of drug-likeness (QED) is 0.833. The zero-order valence-corrected chi connectivity index (χ0v) is 12.0. The molecule has 1 aliphatic rings. The molecule has 1 aromatic heterocycles. The van der Waals surface area contributed by atoms with Crippen molar-refractivity contribution in [3.63, 3.8) is 0 Å². The van der Waals surface area contributed by atoms with E-state index in [9.17, 15) is 0 Å². The molecule has 0 saturated carbocycles. The monoisotopic (exact) mass is 267 g/mol. The molecule has 0 radical (unpaired) electrons. The molecule has 104 valence electrons. The standard InChI is InChI=1S/C17H21N3/c1-2-14-8-9-17(18-10-14)16-11-19-20(13-16)12-15-6-4-3-5-7-15/h3-7,11,13-14H,2,8-10,12H2,1H3. The predicted octanol–water partition coefficient (Wildman–Crippen LogP) is 3.54. The van der Waals surface area contributed by atoms with Gasteiger partial charge in [-0.15, -0.1) is 0 Å². The largest absolute Gasteiger partial charge is 0.289 e. The number of aromatic nitrogens is 2. The predicted molar refractivity (Wildman–Crippen MR) is 82.2 cm³/mol. The maximum atomic E-state index is 4.74. The van der Waals surface area contributed by atoms with Crippen molar-refractivity contribution in [2.75, 3.05) is 6.54 Å². The first-order chi connectivity index (χ1) is 9.85. The van der Waals surface area contributed by atoms with Crippen LogP contribution in [0.2, 0.25) is 0 Å². The Bertz CT molecular complexity index is 583. The van der Waals surface area contributed by atoms with E-state index in [4.69, 9.17) is 4.99 Å². The van der Waals surface area contributed by atoms with E-state index in [1.54, 1.807) is 0 Å². The summed E-state index contributed by atoms with van der Waals surface area (Å²) in [5.41, 5.74) is 3.70. The van der Waals surface area contributed by atoms with Crippen molar-refractivity contribution in [3.05, 3.63) is 53.9 Å². The maximum Gasteiger partial charge on any atom is 0.0659 e. The van der Waals surface area contributed by atoms with E-state index in [1.807, 2.05) is 16.9 Å². The molecule has 0 spiro atoms. The van der Waals surface area contributed by atoms with Gasteiger partial charge < -0.3 is 0 Å². The first kappa shape index (κ1) is 13.1. The van der Waals surface area contributed by atoms with Gasteiger partial charge in [-0.3, -0.25) is 9.67 Å². The average Bonchev–Trinajstić information content (AvgIpc) is 2.97. The highest BCUT2D eigenvalue weighted by Gasteiger charge is 2.16. The summed E-state index contributed by atoms with van der Waals surface area (Å²) in [5.74, 6) is 0.776. The van der Waals surface area contributed by atoms with Gasteiger partial charge in [0, 0.05) is 24.0 Å². The number of rotatable bonds is 4. The third-order valence-electron chi connectivity index (χ3n) is 4.06. The molecular formula is C17H21N3. The van der Waals surface area contributed by atoms with E-state index < -0.39 is 0 Å². The summed E-state index contributed by atoms with van der Waals surface area (Å²) >= 11 is 0. The van der Waals surface area contributed by atoms with Crippen molar-refractivity contribution in [3.8, 4) is 0 Å². The van der Waals surface area contributed by atoms with Crippen LogP contribution in [0.5, 0.6) is 0 Å². The molecule has 3 rings (SSSR count). The third-order valence-corrected chi connectivity index (χ3v) is 4.06. The second kappa shape index (κ2) is 6.04. The summed E-state index contributed by atoms with van der Waals surface area (Å²) in [4.78, 5) is 4.74. The van der Waals surface area contributed by atoms with Crippen LogP contribution >= 0.6 is 0 Å². The van der Waals surface area contributed by atoms with Crippen molar-refractivity contribution in [1.29, 1.82) is 0 Å². The van der Waals surface area contributed by atoms with Gasteiger partial charge >= 0.3 is 0 Å². The Morgan fingerprint density at radius 1 is 1.25 bits per heavy atom. The SMILES string of the molecule is CCC1CCC(c2cnn(Cc3ccccc3)c2)=NC1. The minimum absolute atomic E-state index is 0.776. The molecule has 2 heterocycles. The van der Waals surface area contributed by atoms with Crippen LogP contribution in [0.1, 0.15) is 37.3 Å². The van der Waals surface area contributed by atoms with Gasteiger partial charge in [-0.1, -0.05) is 43.7 Å². The molecule has 3 heteroatoms. The summed E-state index contributed by atoms with van der Waals surface area (Å²) in [6.45, 7) is 4.06. The van der Waals surface area contributed by atoms with Gasteiger partial charge in [-0.2, -0.15) is 5.10 Å². The van der Waals surface area contributed by atoms with Gasteiger partial charge in [0.1, 0.15) is 0 Å². The molecule has 1 aromatic carbocycles.